The number of hydrogen-bond donors (Lipinski definition) is 1. The molecule has 0 spiro atoms. The van der Waals surface area contributed by atoms with Gasteiger partial charge in [-0.1, -0.05) is 33.8 Å². The van der Waals surface area contributed by atoms with Gasteiger partial charge in [0.2, 0.25) is 0 Å². The smallest absolute Gasteiger partial charge is 0.192 e. The molecule has 0 radical (unpaired) electrons. The first-order valence-corrected chi connectivity index (χ1v) is 8.95. The maximum absolute atomic E-state index is 9.93. The Kier molecular flexibility index (Phi) is 5.94. The zero-order valence-electron chi connectivity index (χ0n) is 11.7. The lowest BCUT2D eigenvalue weighted by molar-refractivity contribution is 0.0589. The number of rotatable bonds is 6. The normalized spacial score (nSPS) is 16.9. The van der Waals surface area contributed by atoms with Crippen molar-refractivity contribution in [2.75, 3.05) is 6.61 Å². The zero-order valence-corrected chi connectivity index (χ0v) is 12.7. The fourth-order valence-corrected chi connectivity index (χ4v) is 2.11. The summed E-state index contributed by atoms with van der Waals surface area (Å²) in [5.74, 6) is 0.224. The van der Waals surface area contributed by atoms with Gasteiger partial charge in [-0.05, 0) is 30.5 Å². The molecule has 0 aromatic heterocycles. The van der Waals surface area contributed by atoms with Crippen molar-refractivity contribution in [3.8, 4) is 0 Å². The molecule has 0 saturated heterocycles. The summed E-state index contributed by atoms with van der Waals surface area (Å²) in [6.07, 6.45) is 2.30. The summed E-state index contributed by atoms with van der Waals surface area (Å²) in [7, 11) is -1.72. The van der Waals surface area contributed by atoms with Crippen LogP contribution in [-0.2, 0) is 4.43 Å². The predicted octanol–water partition coefficient (Wildman–Crippen LogP) is 3.58. The fourth-order valence-electron chi connectivity index (χ4n) is 1.09. The fraction of sp³-hybridized carbons (Fsp3) is 0.846. The van der Waals surface area contributed by atoms with Crippen molar-refractivity contribution in [3.63, 3.8) is 0 Å². The highest BCUT2D eigenvalue weighted by Gasteiger charge is 2.37. The summed E-state index contributed by atoms with van der Waals surface area (Å²) in [6.45, 7) is 17.2. The standard InChI is InChI=1S/C13H28O2Si/c1-8-9-11(2)12(14)10-15-16(6,7)13(3,4)5/h8,11-12,14H,1,9-10H2,2-7H3/t11-,12+/m1/s1. The predicted molar refractivity (Wildman–Crippen MR) is 73.1 cm³/mol. The molecule has 96 valence electrons. The summed E-state index contributed by atoms with van der Waals surface area (Å²) >= 11 is 0. The Morgan fingerprint density at radius 2 is 1.88 bits per heavy atom. The van der Waals surface area contributed by atoms with Crippen LogP contribution in [0, 0.1) is 5.92 Å². The monoisotopic (exact) mass is 244 g/mol. The van der Waals surface area contributed by atoms with Crippen LogP contribution in [0.3, 0.4) is 0 Å². The van der Waals surface area contributed by atoms with Gasteiger partial charge in [-0.2, -0.15) is 0 Å². The lowest BCUT2D eigenvalue weighted by Crippen LogP contribution is -2.43. The van der Waals surface area contributed by atoms with Gasteiger partial charge >= 0.3 is 0 Å². The van der Waals surface area contributed by atoms with E-state index in [0.717, 1.165) is 6.42 Å². The minimum absolute atomic E-state index is 0.203. The van der Waals surface area contributed by atoms with Crippen molar-refractivity contribution in [1.82, 2.24) is 0 Å². The third-order valence-electron chi connectivity index (χ3n) is 3.62. The molecule has 0 aliphatic heterocycles. The van der Waals surface area contributed by atoms with E-state index in [1.807, 2.05) is 13.0 Å². The molecule has 2 atom stereocenters. The van der Waals surface area contributed by atoms with Crippen molar-refractivity contribution >= 4 is 8.32 Å². The molecule has 0 heterocycles. The lowest BCUT2D eigenvalue weighted by Gasteiger charge is -2.37. The second kappa shape index (κ2) is 5.99. The lowest BCUT2D eigenvalue weighted by atomic mass is 10.0. The SMILES string of the molecule is C=CC[C@@H](C)[C@@H](O)CO[Si](C)(C)C(C)(C)C. The molecule has 1 N–H and O–H groups in total. The second-order valence-electron chi connectivity index (χ2n) is 6.14. The van der Waals surface area contributed by atoms with Gasteiger partial charge in [0, 0.05) is 0 Å². The molecule has 0 aromatic rings. The van der Waals surface area contributed by atoms with Crippen molar-refractivity contribution in [1.29, 1.82) is 0 Å². The molecule has 16 heavy (non-hydrogen) atoms. The third-order valence-corrected chi connectivity index (χ3v) is 8.12. The van der Waals surface area contributed by atoms with Gasteiger partial charge in [-0.25, -0.2) is 0 Å². The Hall–Kier alpha value is -0.123. The first kappa shape index (κ1) is 15.9. The molecule has 0 saturated carbocycles. The summed E-state index contributed by atoms with van der Waals surface area (Å²) in [5.41, 5.74) is 0. The number of allylic oxidation sites excluding steroid dienone is 1. The largest absolute Gasteiger partial charge is 0.414 e. The number of aliphatic hydroxyl groups excluding tert-OH is 1. The topological polar surface area (TPSA) is 29.5 Å². The van der Waals surface area contributed by atoms with Crippen LogP contribution < -0.4 is 0 Å². The van der Waals surface area contributed by atoms with E-state index in [1.54, 1.807) is 0 Å². The van der Waals surface area contributed by atoms with Gasteiger partial charge in [-0.3, -0.25) is 0 Å². The van der Waals surface area contributed by atoms with Gasteiger partial charge in [0.05, 0.1) is 12.7 Å². The first-order valence-electron chi connectivity index (χ1n) is 6.04. The van der Waals surface area contributed by atoms with E-state index in [1.165, 1.54) is 0 Å². The Balaban J connectivity index is 4.19. The van der Waals surface area contributed by atoms with Gasteiger partial charge in [-0.15, -0.1) is 6.58 Å². The molecular formula is C13H28O2Si. The molecule has 3 heteroatoms. The van der Waals surface area contributed by atoms with E-state index in [9.17, 15) is 5.11 Å². The molecular weight excluding hydrogens is 216 g/mol. The molecule has 0 unspecified atom stereocenters. The Morgan fingerprint density at radius 1 is 1.38 bits per heavy atom. The van der Waals surface area contributed by atoms with E-state index in [0.29, 0.717) is 6.61 Å². The van der Waals surface area contributed by atoms with Crippen molar-refractivity contribution in [2.24, 2.45) is 5.92 Å². The maximum atomic E-state index is 9.93. The average Bonchev–Trinajstić information content (AvgIpc) is 2.12. The van der Waals surface area contributed by atoms with E-state index >= 15 is 0 Å². The van der Waals surface area contributed by atoms with E-state index in [-0.39, 0.29) is 17.1 Å². The summed E-state index contributed by atoms with van der Waals surface area (Å²) in [5, 5.41) is 10.1. The molecule has 0 aliphatic rings. The van der Waals surface area contributed by atoms with Crippen LogP contribution in [0.25, 0.3) is 0 Å². The van der Waals surface area contributed by atoms with E-state index in [4.69, 9.17) is 4.43 Å². The molecule has 0 aromatic carbocycles. The number of aliphatic hydroxyl groups is 1. The van der Waals surface area contributed by atoms with E-state index in [2.05, 4.69) is 40.4 Å². The molecule has 0 fully saturated rings. The van der Waals surface area contributed by atoms with Crippen LogP contribution in [0.1, 0.15) is 34.1 Å². The van der Waals surface area contributed by atoms with Gasteiger partial charge in [0.1, 0.15) is 0 Å². The quantitative estimate of drug-likeness (QED) is 0.571. The highest BCUT2D eigenvalue weighted by molar-refractivity contribution is 6.74. The molecule has 0 aliphatic carbocycles. The summed E-state index contributed by atoms with van der Waals surface area (Å²) in [4.78, 5) is 0. The minimum Gasteiger partial charge on any atom is -0.414 e. The zero-order chi connectivity index (χ0) is 13.0. The highest BCUT2D eigenvalue weighted by atomic mass is 28.4. The Morgan fingerprint density at radius 3 is 2.25 bits per heavy atom. The van der Waals surface area contributed by atoms with E-state index < -0.39 is 8.32 Å². The second-order valence-corrected chi connectivity index (χ2v) is 10.9. The highest BCUT2D eigenvalue weighted by Crippen LogP contribution is 2.36. The molecule has 2 nitrogen and oxygen atoms in total. The van der Waals surface area contributed by atoms with Crippen molar-refractivity contribution in [2.45, 2.75) is 58.4 Å². The van der Waals surface area contributed by atoms with Crippen LogP contribution in [0.2, 0.25) is 18.1 Å². The van der Waals surface area contributed by atoms with Crippen LogP contribution in [0.15, 0.2) is 12.7 Å². The summed E-state index contributed by atoms with van der Waals surface area (Å²) < 4.78 is 5.98. The van der Waals surface area contributed by atoms with Gasteiger partial charge < -0.3 is 9.53 Å². The molecule has 0 amide bonds. The third kappa shape index (κ3) is 4.81. The van der Waals surface area contributed by atoms with Gasteiger partial charge in [0.15, 0.2) is 8.32 Å². The van der Waals surface area contributed by atoms with Crippen molar-refractivity contribution in [3.05, 3.63) is 12.7 Å². The van der Waals surface area contributed by atoms with Gasteiger partial charge in [0.25, 0.3) is 0 Å². The Bertz CT molecular complexity index is 218. The van der Waals surface area contributed by atoms with Crippen LogP contribution in [0.4, 0.5) is 0 Å². The summed E-state index contributed by atoms with van der Waals surface area (Å²) in [6, 6.07) is 0. The average molecular weight is 244 g/mol. The molecule has 0 bridgehead atoms. The molecule has 0 rings (SSSR count). The first-order chi connectivity index (χ1) is 7.12. The van der Waals surface area contributed by atoms with Crippen molar-refractivity contribution < 1.29 is 9.53 Å². The van der Waals surface area contributed by atoms with Crippen LogP contribution >= 0.6 is 0 Å². The maximum Gasteiger partial charge on any atom is 0.192 e. The van der Waals surface area contributed by atoms with Crippen LogP contribution in [-0.4, -0.2) is 26.1 Å². The number of hydrogen-bond acceptors (Lipinski definition) is 2. The Labute approximate surface area is 102 Å². The minimum atomic E-state index is -1.72. The van der Waals surface area contributed by atoms with Crippen LogP contribution in [0.5, 0.6) is 0 Å².